The molecule has 0 spiro atoms. The summed E-state index contributed by atoms with van der Waals surface area (Å²) in [6.45, 7) is 5.96. The molecule has 70 valence electrons. The van der Waals surface area contributed by atoms with Crippen LogP contribution in [0.15, 0.2) is 27.4 Å². The topological polar surface area (TPSA) is 46.0 Å². The standard InChI is InChI=1S/C8H7NO2.C2H6/c1-5-2-3-7-6(4-5)9-8(10)11-7;1-2/h2-4H,1H3,(H,9,10);1-2H3. The average Bonchev–Trinajstić information content (AvgIpc) is 2.48. The van der Waals surface area contributed by atoms with E-state index in [1.165, 1.54) is 0 Å². The van der Waals surface area contributed by atoms with Gasteiger partial charge < -0.3 is 4.42 Å². The first-order valence-corrected chi connectivity index (χ1v) is 4.35. The summed E-state index contributed by atoms with van der Waals surface area (Å²) in [7, 11) is 0. The van der Waals surface area contributed by atoms with E-state index in [1.807, 2.05) is 32.9 Å². The summed E-state index contributed by atoms with van der Waals surface area (Å²) >= 11 is 0. The molecule has 0 fully saturated rings. The minimum atomic E-state index is -0.398. The molecule has 0 radical (unpaired) electrons. The first kappa shape index (κ1) is 9.58. The van der Waals surface area contributed by atoms with Crippen LogP contribution in [0.3, 0.4) is 0 Å². The maximum absolute atomic E-state index is 10.7. The van der Waals surface area contributed by atoms with Crippen LogP contribution in [0, 0.1) is 6.92 Å². The Balaban J connectivity index is 0.000000396. The summed E-state index contributed by atoms with van der Waals surface area (Å²) in [5.41, 5.74) is 2.48. The maximum Gasteiger partial charge on any atom is 0.417 e. The van der Waals surface area contributed by atoms with Crippen LogP contribution in [-0.2, 0) is 0 Å². The van der Waals surface area contributed by atoms with E-state index in [2.05, 4.69) is 4.98 Å². The van der Waals surface area contributed by atoms with Crippen molar-refractivity contribution in [2.75, 3.05) is 0 Å². The van der Waals surface area contributed by atoms with Crippen molar-refractivity contribution in [1.29, 1.82) is 0 Å². The zero-order chi connectivity index (χ0) is 9.84. The van der Waals surface area contributed by atoms with Gasteiger partial charge in [-0.3, -0.25) is 4.98 Å². The lowest BCUT2D eigenvalue weighted by atomic mass is 10.2. The van der Waals surface area contributed by atoms with Gasteiger partial charge in [0.15, 0.2) is 5.58 Å². The molecule has 1 aromatic heterocycles. The van der Waals surface area contributed by atoms with Crippen LogP contribution in [-0.4, -0.2) is 4.98 Å². The zero-order valence-corrected chi connectivity index (χ0v) is 8.05. The number of nitrogens with one attached hydrogen (secondary N) is 1. The quantitative estimate of drug-likeness (QED) is 0.675. The molecule has 0 aliphatic carbocycles. The van der Waals surface area contributed by atoms with E-state index >= 15 is 0 Å². The molecule has 13 heavy (non-hydrogen) atoms. The van der Waals surface area contributed by atoms with E-state index in [0.717, 1.165) is 11.1 Å². The monoisotopic (exact) mass is 179 g/mol. The predicted octanol–water partition coefficient (Wildman–Crippen LogP) is 2.46. The Kier molecular flexibility index (Phi) is 2.90. The molecule has 2 aromatic rings. The van der Waals surface area contributed by atoms with E-state index in [9.17, 15) is 4.79 Å². The molecule has 2 rings (SSSR count). The average molecular weight is 179 g/mol. The van der Waals surface area contributed by atoms with Crippen molar-refractivity contribution in [2.24, 2.45) is 0 Å². The van der Waals surface area contributed by atoms with Gasteiger partial charge in [-0.25, -0.2) is 4.79 Å². The van der Waals surface area contributed by atoms with Crippen LogP contribution in [0.1, 0.15) is 19.4 Å². The Labute approximate surface area is 76.4 Å². The van der Waals surface area contributed by atoms with Gasteiger partial charge in [-0.15, -0.1) is 0 Å². The highest BCUT2D eigenvalue weighted by Gasteiger charge is 1.98. The number of benzene rings is 1. The molecule has 0 amide bonds. The summed E-state index contributed by atoms with van der Waals surface area (Å²) in [6.07, 6.45) is 0. The molecule has 0 atom stereocenters. The molecule has 1 heterocycles. The van der Waals surface area contributed by atoms with Crippen LogP contribution < -0.4 is 5.76 Å². The number of hydrogen-bond donors (Lipinski definition) is 1. The molecular formula is C10H13NO2. The molecule has 0 saturated heterocycles. The molecule has 0 aliphatic rings. The highest BCUT2D eigenvalue weighted by atomic mass is 16.4. The minimum absolute atomic E-state index is 0.398. The summed E-state index contributed by atoms with van der Waals surface area (Å²) in [5, 5.41) is 0. The molecule has 3 nitrogen and oxygen atoms in total. The smallest absolute Gasteiger partial charge is 0.408 e. The number of H-pyrrole nitrogens is 1. The number of rotatable bonds is 0. The molecule has 0 unspecified atom stereocenters. The van der Waals surface area contributed by atoms with Crippen LogP contribution in [0.25, 0.3) is 11.1 Å². The highest BCUT2D eigenvalue weighted by molar-refractivity contribution is 5.72. The molecule has 0 bridgehead atoms. The van der Waals surface area contributed by atoms with E-state index in [4.69, 9.17) is 4.42 Å². The van der Waals surface area contributed by atoms with Gasteiger partial charge in [-0.05, 0) is 24.6 Å². The molecule has 0 saturated carbocycles. The van der Waals surface area contributed by atoms with Gasteiger partial charge in [0.05, 0.1) is 5.52 Å². The van der Waals surface area contributed by atoms with Gasteiger partial charge in [-0.1, -0.05) is 19.9 Å². The number of oxazole rings is 1. The Hall–Kier alpha value is -1.51. The summed E-state index contributed by atoms with van der Waals surface area (Å²) in [4.78, 5) is 13.3. The maximum atomic E-state index is 10.7. The molecule has 3 heteroatoms. The first-order chi connectivity index (χ1) is 6.25. The third-order valence-electron chi connectivity index (χ3n) is 1.57. The van der Waals surface area contributed by atoms with Crippen molar-refractivity contribution in [3.8, 4) is 0 Å². The fraction of sp³-hybridized carbons (Fsp3) is 0.300. The van der Waals surface area contributed by atoms with Gasteiger partial charge >= 0.3 is 5.76 Å². The Morgan fingerprint density at radius 3 is 2.69 bits per heavy atom. The fourth-order valence-electron chi connectivity index (χ4n) is 1.07. The Morgan fingerprint density at radius 1 is 1.31 bits per heavy atom. The number of hydrogen-bond acceptors (Lipinski definition) is 2. The second-order valence-electron chi connectivity index (χ2n) is 2.51. The lowest BCUT2D eigenvalue weighted by Crippen LogP contribution is -1.92. The van der Waals surface area contributed by atoms with Crippen molar-refractivity contribution in [3.63, 3.8) is 0 Å². The molecule has 1 aromatic carbocycles. The summed E-state index contributed by atoms with van der Waals surface area (Å²) in [6, 6.07) is 5.56. The van der Waals surface area contributed by atoms with Crippen molar-refractivity contribution < 1.29 is 4.42 Å². The minimum Gasteiger partial charge on any atom is -0.408 e. The Bertz CT molecular complexity index is 439. The summed E-state index contributed by atoms with van der Waals surface area (Å²) in [5.74, 6) is -0.398. The largest absolute Gasteiger partial charge is 0.417 e. The van der Waals surface area contributed by atoms with Crippen LogP contribution in [0.5, 0.6) is 0 Å². The third-order valence-corrected chi connectivity index (χ3v) is 1.57. The molecule has 0 aliphatic heterocycles. The van der Waals surface area contributed by atoms with Crippen molar-refractivity contribution >= 4 is 11.1 Å². The van der Waals surface area contributed by atoms with Gasteiger partial charge in [0.1, 0.15) is 0 Å². The lowest BCUT2D eigenvalue weighted by Gasteiger charge is -1.88. The molecule has 1 N–H and O–H groups in total. The number of fused-ring (bicyclic) bond motifs is 1. The van der Waals surface area contributed by atoms with Gasteiger partial charge in [0.25, 0.3) is 0 Å². The van der Waals surface area contributed by atoms with Crippen LogP contribution >= 0.6 is 0 Å². The highest BCUT2D eigenvalue weighted by Crippen LogP contribution is 2.10. The zero-order valence-electron chi connectivity index (χ0n) is 8.05. The SMILES string of the molecule is CC.Cc1ccc2oc(=O)[nH]c2c1. The lowest BCUT2D eigenvalue weighted by molar-refractivity contribution is 0.555. The number of aromatic nitrogens is 1. The van der Waals surface area contributed by atoms with E-state index in [0.29, 0.717) is 5.58 Å². The van der Waals surface area contributed by atoms with Gasteiger partial charge in [0, 0.05) is 0 Å². The number of aryl methyl sites for hydroxylation is 1. The van der Waals surface area contributed by atoms with Gasteiger partial charge in [0.2, 0.25) is 0 Å². The second kappa shape index (κ2) is 3.94. The van der Waals surface area contributed by atoms with E-state index < -0.39 is 5.76 Å². The normalized spacial score (nSPS) is 9.46. The predicted molar refractivity (Wildman–Crippen MR) is 52.9 cm³/mol. The van der Waals surface area contributed by atoms with E-state index in [-0.39, 0.29) is 0 Å². The fourth-order valence-corrected chi connectivity index (χ4v) is 1.07. The van der Waals surface area contributed by atoms with Crippen LogP contribution in [0.2, 0.25) is 0 Å². The first-order valence-electron chi connectivity index (χ1n) is 4.35. The van der Waals surface area contributed by atoms with Gasteiger partial charge in [-0.2, -0.15) is 0 Å². The molecular weight excluding hydrogens is 166 g/mol. The number of aromatic amines is 1. The second-order valence-corrected chi connectivity index (χ2v) is 2.51. The van der Waals surface area contributed by atoms with Crippen molar-refractivity contribution in [1.82, 2.24) is 4.98 Å². The van der Waals surface area contributed by atoms with Crippen LogP contribution in [0.4, 0.5) is 0 Å². The summed E-state index contributed by atoms with van der Waals surface area (Å²) < 4.78 is 4.81. The van der Waals surface area contributed by atoms with Crippen molar-refractivity contribution in [3.05, 3.63) is 34.3 Å². The Morgan fingerprint density at radius 2 is 2.00 bits per heavy atom. The third kappa shape index (κ3) is 1.99. The van der Waals surface area contributed by atoms with Crippen molar-refractivity contribution in [2.45, 2.75) is 20.8 Å². The van der Waals surface area contributed by atoms with E-state index in [1.54, 1.807) is 6.07 Å².